The van der Waals surface area contributed by atoms with Gasteiger partial charge in [0.2, 0.25) is 0 Å². The van der Waals surface area contributed by atoms with E-state index in [1.165, 1.54) is 23.9 Å². The summed E-state index contributed by atoms with van der Waals surface area (Å²) in [5.41, 5.74) is 4.04. The molecule has 1 unspecified atom stereocenters. The van der Waals surface area contributed by atoms with Crippen molar-refractivity contribution in [1.82, 2.24) is 9.55 Å². The van der Waals surface area contributed by atoms with Gasteiger partial charge in [-0.05, 0) is 55.7 Å². The third-order valence-electron chi connectivity index (χ3n) is 4.88. The standard InChI is InChI=1S/C17H23ClN2/c1-11(2)17(7-8-17)10-20-15-9-12(3)5-6-14(15)19-16(20)13(4)18/h5-6,9,11,13H,7-8,10H2,1-4H3. The van der Waals surface area contributed by atoms with E-state index in [1.54, 1.807) is 0 Å². The molecule has 0 radical (unpaired) electrons. The van der Waals surface area contributed by atoms with Gasteiger partial charge in [0.05, 0.1) is 16.4 Å². The molecule has 0 bridgehead atoms. The molecule has 0 spiro atoms. The minimum Gasteiger partial charge on any atom is -0.326 e. The first-order valence-electron chi connectivity index (χ1n) is 7.54. The van der Waals surface area contributed by atoms with E-state index in [0.717, 1.165) is 17.9 Å². The Hall–Kier alpha value is -1.02. The van der Waals surface area contributed by atoms with E-state index >= 15 is 0 Å². The van der Waals surface area contributed by atoms with Crippen LogP contribution in [0.4, 0.5) is 0 Å². The zero-order chi connectivity index (χ0) is 14.5. The summed E-state index contributed by atoms with van der Waals surface area (Å²) in [6, 6.07) is 6.47. The molecule has 0 amide bonds. The van der Waals surface area contributed by atoms with Gasteiger partial charge in [-0.2, -0.15) is 0 Å². The highest BCUT2D eigenvalue weighted by molar-refractivity contribution is 6.20. The summed E-state index contributed by atoms with van der Waals surface area (Å²) in [6.07, 6.45) is 2.65. The normalized spacial score (nSPS) is 18.7. The molecule has 1 aromatic carbocycles. The van der Waals surface area contributed by atoms with Crippen LogP contribution >= 0.6 is 11.6 Å². The molecule has 20 heavy (non-hydrogen) atoms. The van der Waals surface area contributed by atoms with Crippen LogP contribution in [0.25, 0.3) is 11.0 Å². The Morgan fingerprint density at radius 3 is 2.55 bits per heavy atom. The molecule has 1 aliphatic carbocycles. The second kappa shape index (κ2) is 4.77. The summed E-state index contributed by atoms with van der Waals surface area (Å²) >= 11 is 6.37. The molecular formula is C17H23ClN2. The highest BCUT2D eigenvalue weighted by Gasteiger charge is 2.46. The van der Waals surface area contributed by atoms with Crippen molar-refractivity contribution in [2.45, 2.75) is 52.5 Å². The number of hydrogen-bond donors (Lipinski definition) is 0. The number of alkyl halides is 1. The van der Waals surface area contributed by atoms with E-state index < -0.39 is 0 Å². The summed E-state index contributed by atoms with van der Waals surface area (Å²) in [5, 5.41) is -0.0503. The lowest BCUT2D eigenvalue weighted by molar-refractivity contribution is 0.308. The molecular weight excluding hydrogens is 268 g/mol. The first-order valence-corrected chi connectivity index (χ1v) is 7.97. The van der Waals surface area contributed by atoms with Gasteiger partial charge >= 0.3 is 0 Å². The van der Waals surface area contributed by atoms with Crippen molar-refractivity contribution in [1.29, 1.82) is 0 Å². The summed E-state index contributed by atoms with van der Waals surface area (Å²) in [7, 11) is 0. The zero-order valence-corrected chi connectivity index (χ0v) is 13.5. The van der Waals surface area contributed by atoms with Gasteiger partial charge in [-0.3, -0.25) is 0 Å². The van der Waals surface area contributed by atoms with E-state index in [1.807, 2.05) is 6.92 Å². The highest BCUT2D eigenvalue weighted by Crippen LogP contribution is 2.53. The van der Waals surface area contributed by atoms with Crippen LogP contribution in [0.3, 0.4) is 0 Å². The van der Waals surface area contributed by atoms with E-state index in [-0.39, 0.29) is 5.38 Å². The molecule has 2 aromatic rings. The van der Waals surface area contributed by atoms with Gasteiger partial charge in [0.25, 0.3) is 0 Å². The maximum absolute atomic E-state index is 6.37. The Labute approximate surface area is 126 Å². The fourth-order valence-electron chi connectivity index (χ4n) is 3.11. The third-order valence-corrected chi connectivity index (χ3v) is 5.07. The monoisotopic (exact) mass is 290 g/mol. The Kier molecular flexibility index (Phi) is 3.32. The van der Waals surface area contributed by atoms with Gasteiger partial charge in [0.15, 0.2) is 0 Å². The van der Waals surface area contributed by atoms with Gasteiger partial charge in [-0.25, -0.2) is 4.98 Å². The van der Waals surface area contributed by atoms with Crippen molar-refractivity contribution in [2.24, 2.45) is 11.3 Å². The summed E-state index contributed by atoms with van der Waals surface area (Å²) < 4.78 is 2.37. The van der Waals surface area contributed by atoms with Crippen LogP contribution in [0, 0.1) is 18.3 Å². The lowest BCUT2D eigenvalue weighted by Crippen LogP contribution is -2.19. The molecule has 1 heterocycles. The van der Waals surface area contributed by atoms with Crippen LogP contribution in [-0.2, 0) is 6.54 Å². The van der Waals surface area contributed by atoms with Crippen molar-refractivity contribution in [3.63, 3.8) is 0 Å². The van der Waals surface area contributed by atoms with Crippen molar-refractivity contribution >= 4 is 22.6 Å². The second-order valence-corrected chi connectivity index (χ2v) is 7.34. The highest BCUT2D eigenvalue weighted by atomic mass is 35.5. The lowest BCUT2D eigenvalue weighted by Gasteiger charge is -2.22. The van der Waals surface area contributed by atoms with Crippen molar-refractivity contribution in [3.8, 4) is 0 Å². The Bertz CT molecular complexity index is 636. The zero-order valence-electron chi connectivity index (χ0n) is 12.8. The largest absolute Gasteiger partial charge is 0.326 e. The summed E-state index contributed by atoms with van der Waals surface area (Å²) in [4.78, 5) is 4.76. The molecule has 1 fully saturated rings. The second-order valence-electron chi connectivity index (χ2n) is 6.68. The number of nitrogens with zero attached hydrogens (tertiary/aromatic N) is 2. The maximum atomic E-state index is 6.37. The predicted octanol–water partition coefficient (Wildman–Crippen LogP) is 5.08. The number of hydrogen-bond acceptors (Lipinski definition) is 1. The van der Waals surface area contributed by atoms with Crippen molar-refractivity contribution in [2.75, 3.05) is 0 Å². The van der Waals surface area contributed by atoms with E-state index in [9.17, 15) is 0 Å². The van der Waals surface area contributed by atoms with Gasteiger partial charge in [0.1, 0.15) is 5.82 Å². The number of fused-ring (bicyclic) bond motifs is 1. The minimum atomic E-state index is -0.0503. The quantitative estimate of drug-likeness (QED) is 0.718. The SMILES string of the molecule is Cc1ccc2nc(C(C)Cl)n(CC3(C(C)C)CC3)c2c1. The van der Waals surface area contributed by atoms with Crippen LogP contribution < -0.4 is 0 Å². The minimum absolute atomic E-state index is 0.0503. The smallest absolute Gasteiger partial charge is 0.127 e. The predicted molar refractivity (Wildman–Crippen MR) is 85.2 cm³/mol. The van der Waals surface area contributed by atoms with E-state index in [2.05, 4.69) is 43.5 Å². The molecule has 108 valence electrons. The van der Waals surface area contributed by atoms with Crippen LogP contribution in [0.1, 0.15) is 50.4 Å². The fourth-order valence-corrected chi connectivity index (χ4v) is 3.28. The Morgan fingerprint density at radius 2 is 2.00 bits per heavy atom. The van der Waals surface area contributed by atoms with Crippen LogP contribution in [0.2, 0.25) is 0 Å². The van der Waals surface area contributed by atoms with Gasteiger partial charge in [0, 0.05) is 6.54 Å². The lowest BCUT2D eigenvalue weighted by atomic mass is 9.92. The third kappa shape index (κ3) is 2.24. The number of imidazole rings is 1. The number of halogens is 1. The first-order chi connectivity index (χ1) is 9.43. The molecule has 3 rings (SSSR count). The molecule has 0 N–H and O–H groups in total. The molecule has 1 atom stereocenters. The van der Waals surface area contributed by atoms with Gasteiger partial charge in [-0.1, -0.05) is 19.9 Å². The fraction of sp³-hybridized carbons (Fsp3) is 0.588. The topological polar surface area (TPSA) is 17.8 Å². The molecule has 1 aliphatic rings. The summed E-state index contributed by atoms with van der Waals surface area (Å²) in [5.74, 6) is 1.72. The number of aromatic nitrogens is 2. The number of rotatable bonds is 4. The number of benzene rings is 1. The van der Waals surface area contributed by atoms with Crippen molar-refractivity contribution < 1.29 is 0 Å². The average Bonchev–Trinajstić information content (AvgIpc) is 3.08. The molecule has 3 heteroatoms. The van der Waals surface area contributed by atoms with Crippen LogP contribution in [-0.4, -0.2) is 9.55 Å². The van der Waals surface area contributed by atoms with Gasteiger partial charge < -0.3 is 4.57 Å². The van der Waals surface area contributed by atoms with Crippen LogP contribution in [0.15, 0.2) is 18.2 Å². The first kappa shape index (κ1) is 13.9. The number of aryl methyl sites for hydroxylation is 1. The molecule has 2 nitrogen and oxygen atoms in total. The maximum Gasteiger partial charge on any atom is 0.127 e. The van der Waals surface area contributed by atoms with E-state index in [0.29, 0.717) is 11.3 Å². The van der Waals surface area contributed by atoms with Crippen LogP contribution in [0.5, 0.6) is 0 Å². The molecule has 0 aliphatic heterocycles. The van der Waals surface area contributed by atoms with Crippen molar-refractivity contribution in [3.05, 3.63) is 29.6 Å². The summed E-state index contributed by atoms with van der Waals surface area (Å²) in [6.45, 7) is 9.87. The molecule has 0 saturated heterocycles. The molecule has 1 saturated carbocycles. The Balaban J connectivity index is 2.11. The Morgan fingerprint density at radius 1 is 1.30 bits per heavy atom. The average molecular weight is 291 g/mol. The molecule has 1 aromatic heterocycles. The van der Waals surface area contributed by atoms with Gasteiger partial charge in [-0.15, -0.1) is 11.6 Å². The van der Waals surface area contributed by atoms with E-state index in [4.69, 9.17) is 16.6 Å².